The first-order valence-corrected chi connectivity index (χ1v) is 6.79. The normalized spacial score (nSPS) is 19.8. The van der Waals surface area contributed by atoms with Crippen LogP contribution in [0.25, 0.3) is 0 Å². The summed E-state index contributed by atoms with van der Waals surface area (Å²) >= 11 is 0. The van der Waals surface area contributed by atoms with Crippen LogP contribution in [-0.2, 0) is 18.2 Å². The minimum Gasteiger partial charge on any atom is -0.444 e. The number of carbonyl (C=O) groups excluding carboxylic acids is 1. The van der Waals surface area contributed by atoms with Crippen LogP contribution in [0.5, 0.6) is 0 Å². The Kier molecular flexibility index (Phi) is 3.83. The zero-order valence-electron chi connectivity index (χ0n) is 12.2. The highest BCUT2D eigenvalue weighted by Gasteiger charge is 2.30. The van der Waals surface area contributed by atoms with Gasteiger partial charge in [-0.15, -0.1) is 0 Å². The SMILES string of the molecule is Cn1ccnc1CC1CCN(C(=O)OC(C)(C)C)C1. The molecular weight excluding hydrogens is 242 g/mol. The summed E-state index contributed by atoms with van der Waals surface area (Å²) in [6.45, 7) is 7.23. The molecule has 1 aliphatic heterocycles. The second kappa shape index (κ2) is 5.23. The lowest BCUT2D eigenvalue weighted by molar-refractivity contribution is 0.0288. The van der Waals surface area contributed by atoms with Crippen molar-refractivity contribution >= 4 is 6.09 Å². The highest BCUT2D eigenvalue weighted by molar-refractivity contribution is 5.68. The summed E-state index contributed by atoms with van der Waals surface area (Å²) in [5, 5.41) is 0. The van der Waals surface area contributed by atoms with E-state index in [0.29, 0.717) is 5.92 Å². The number of nitrogens with zero attached hydrogens (tertiary/aromatic N) is 3. The van der Waals surface area contributed by atoms with Gasteiger partial charge >= 0.3 is 6.09 Å². The van der Waals surface area contributed by atoms with Crippen LogP contribution >= 0.6 is 0 Å². The molecule has 2 rings (SSSR count). The van der Waals surface area contributed by atoms with Crippen molar-refractivity contribution in [3.63, 3.8) is 0 Å². The highest BCUT2D eigenvalue weighted by Crippen LogP contribution is 2.22. The van der Waals surface area contributed by atoms with E-state index in [1.54, 1.807) is 4.90 Å². The van der Waals surface area contributed by atoms with E-state index >= 15 is 0 Å². The van der Waals surface area contributed by atoms with Gasteiger partial charge < -0.3 is 14.2 Å². The summed E-state index contributed by atoms with van der Waals surface area (Å²) in [5.41, 5.74) is -0.422. The smallest absolute Gasteiger partial charge is 0.410 e. The Bertz CT molecular complexity index is 448. The molecule has 0 bridgehead atoms. The fourth-order valence-electron chi connectivity index (χ4n) is 2.34. The third-order valence-corrected chi connectivity index (χ3v) is 3.33. The van der Waals surface area contributed by atoms with Crippen LogP contribution in [0, 0.1) is 5.92 Å². The second-order valence-electron chi connectivity index (χ2n) is 6.24. The quantitative estimate of drug-likeness (QED) is 0.823. The van der Waals surface area contributed by atoms with E-state index in [0.717, 1.165) is 31.8 Å². The number of ether oxygens (including phenoxy) is 1. The monoisotopic (exact) mass is 265 g/mol. The van der Waals surface area contributed by atoms with Crippen LogP contribution in [0.15, 0.2) is 12.4 Å². The van der Waals surface area contributed by atoms with E-state index < -0.39 is 5.60 Å². The number of likely N-dealkylation sites (tertiary alicyclic amines) is 1. The summed E-state index contributed by atoms with van der Waals surface area (Å²) in [6.07, 6.45) is 5.51. The van der Waals surface area contributed by atoms with Gasteiger partial charge in [-0.3, -0.25) is 0 Å². The summed E-state index contributed by atoms with van der Waals surface area (Å²) in [6, 6.07) is 0. The predicted octanol–water partition coefficient (Wildman–Crippen LogP) is 2.22. The predicted molar refractivity (Wildman–Crippen MR) is 72.8 cm³/mol. The van der Waals surface area contributed by atoms with Crippen molar-refractivity contribution in [2.45, 2.75) is 39.2 Å². The molecule has 1 aromatic rings. The lowest BCUT2D eigenvalue weighted by atomic mass is 10.0. The number of aromatic nitrogens is 2. The molecule has 106 valence electrons. The minimum absolute atomic E-state index is 0.199. The molecule has 1 saturated heterocycles. The average molecular weight is 265 g/mol. The van der Waals surface area contributed by atoms with Gasteiger partial charge in [0.15, 0.2) is 0 Å². The molecule has 1 atom stereocenters. The Balaban J connectivity index is 1.86. The Hall–Kier alpha value is -1.52. The van der Waals surface area contributed by atoms with Gasteiger partial charge in [-0.05, 0) is 33.1 Å². The van der Waals surface area contributed by atoms with E-state index in [4.69, 9.17) is 4.74 Å². The zero-order valence-corrected chi connectivity index (χ0v) is 12.2. The van der Waals surface area contributed by atoms with E-state index in [1.165, 1.54) is 0 Å². The number of amides is 1. The molecule has 1 aromatic heterocycles. The van der Waals surface area contributed by atoms with Crippen LogP contribution in [-0.4, -0.2) is 39.2 Å². The van der Waals surface area contributed by atoms with Crippen molar-refractivity contribution in [3.05, 3.63) is 18.2 Å². The summed E-state index contributed by atoms with van der Waals surface area (Å²) in [4.78, 5) is 18.1. The van der Waals surface area contributed by atoms with Crippen LogP contribution in [0.3, 0.4) is 0 Å². The maximum Gasteiger partial charge on any atom is 0.410 e. The number of rotatable bonds is 2. The van der Waals surface area contributed by atoms with Gasteiger partial charge in [-0.2, -0.15) is 0 Å². The Morgan fingerprint density at radius 2 is 2.26 bits per heavy atom. The second-order valence-corrected chi connectivity index (χ2v) is 6.24. The molecule has 0 spiro atoms. The first-order valence-electron chi connectivity index (χ1n) is 6.79. The largest absolute Gasteiger partial charge is 0.444 e. The average Bonchev–Trinajstić information content (AvgIpc) is 2.87. The van der Waals surface area contributed by atoms with Crippen molar-refractivity contribution in [1.82, 2.24) is 14.5 Å². The molecule has 0 N–H and O–H groups in total. The summed E-state index contributed by atoms with van der Waals surface area (Å²) in [5.74, 6) is 1.56. The fraction of sp³-hybridized carbons (Fsp3) is 0.714. The van der Waals surface area contributed by atoms with Gasteiger partial charge in [-0.25, -0.2) is 9.78 Å². The standard InChI is InChI=1S/C14H23N3O2/c1-14(2,3)19-13(18)17-7-5-11(10-17)9-12-15-6-8-16(12)4/h6,8,11H,5,7,9-10H2,1-4H3. The molecule has 0 saturated carbocycles. The van der Waals surface area contributed by atoms with Gasteiger partial charge in [0.1, 0.15) is 11.4 Å². The molecular formula is C14H23N3O2. The van der Waals surface area contributed by atoms with E-state index in [9.17, 15) is 4.79 Å². The molecule has 0 aliphatic carbocycles. The van der Waals surface area contributed by atoms with Gasteiger partial charge in [0.05, 0.1) is 0 Å². The van der Waals surface area contributed by atoms with Gasteiger partial charge in [0.2, 0.25) is 0 Å². The van der Waals surface area contributed by atoms with Gasteiger partial charge in [-0.1, -0.05) is 0 Å². The lowest BCUT2D eigenvalue weighted by Gasteiger charge is -2.24. The number of imidazole rings is 1. The maximum absolute atomic E-state index is 12.0. The number of hydrogen-bond acceptors (Lipinski definition) is 3. The molecule has 1 amide bonds. The Morgan fingerprint density at radius 3 is 2.84 bits per heavy atom. The lowest BCUT2D eigenvalue weighted by Crippen LogP contribution is -2.35. The van der Waals surface area contributed by atoms with Gasteiger partial charge in [0, 0.05) is 39.0 Å². The molecule has 1 unspecified atom stereocenters. The topological polar surface area (TPSA) is 47.4 Å². The highest BCUT2D eigenvalue weighted by atomic mass is 16.6. The number of carbonyl (C=O) groups is 1. The van der Waals surface area contributed by atoms with Crippen LogP contribution in [0.4, 0.5) is 4.79 Å². The molecule has 1 fully saturated rings. The van der Waals surface area contributed by atoms with Gasteiger partial charge in [0.25, 0.3) is 0 Å². The number of aryl methyl sites for hydroxylation is 1. The molecule has 5 heteroatoms. The first-order chi connectivity index (χ1) is 8.85. The maximum atomic E-state index is 12.0. The van der Waals surface area contributed by atoms with Crippen molar-refractivity contribution in [2.75, 3.05) is 13.1 Å². The third kappa shape index (κ3) is 3.72. The van der Waals surface area contributed by atoms with Crippen molar-refractivity contribution in [1.29, 1.82) is 0 Å². The van der Waals surface area contributed by atoms with Crippen molar-refractivity contribution < 1.29 is 9.53 Å². The summed E-state index contributed by atoms with van der Waals surface area (Å²) < 4.78 is 7.43. The Morgan fingerprint density at radius 1 is 1.53 bits per heavy atom. The number of hydrogen-bond donors (Lipinski definition) is 0. The zero-order chi connectivity index (χ0) is 14.0. The molecule has 2 heterocycles. The molecule has 0 radical (unpaired) electrons. The van der Waals surface area contributed by atoms with Crippen LogP contribution < -0.4 is 0 Å². The van der Waals surface area contributed by atoms with E-state index in [2.05, 4.69) is 4.98 Å². The van der Waals surface area contributed by atoms with Crippen LogP contribution in [0.1, 0.15) is 33.0 Å². The van der Waals surface area contributed by atoms with E-state index in [1.807, 2.05) is 44.8 Å². The summed E-state index contributed by atoms with van der Waals surface area (Å²) in [7, 11) is 2.00. The minimum atomic E-state index is -0.422. The first kappa shape index (κ1) is 13.9. The van der Waals surface area contributed by atoms with Crippen molar-refractivity contribution in [2.24, 2.45) is 13.0 Å². The molecule has 0 aromatic carbocycles. The fourth-order valence-corrected chi connectivity index (χ4v) is 2.34. The molecule has 1 aliphatic rings. The third-order valence-electron chi connectivity index (χ3n) is 3.33. The molecule has 5 nitrogen and oxygen atoms in total. The molecule has 19 heavy (non-hydrogen) atoms. The van der Waals surface area contributed by atoms with E-state index in [-0.39, 0.29) is 6.09 Å². The Labute approximate surface area is 114 Å². The van der Waals surface area contributed by atoms with Crippen molar-refractivity contribution in [3.8, 4) is 0 Å². The van der Waals surface area contributed by atoms with Crippen LogP contribution in [0.2, 0.25) is 0 Å².